The van der Waals surface area contributed by atoms with E-state index < -0.39 is 5.69 Å². The molecule has 116 valence electrons. The summed E-state index contributed by atoms with van der Waals surface area (Å²) >= 11 is 0. The highest BCUT2D eigenvalue weighted by Gasteiger charge is 2.24. The number of amides is 1. The molecule has 1 amide bonds. The Hall–Kier alpha value is -2.41. The zero-order chi connectivity index (χ0) is 15.4. The topological polar surface area (TPSA) is 93.9 Å². The molecule has 1 fully saturated rings. The number of aromatic amines is 2. The normalized spacial score (nSPS) is 18.5. The molecule has 7 heteroatoms. The smallest absolute Gasteiger partial charge is 0.340 e. The summed E-state index contributed by atoms with van der Waals surface area (Å²) in [4.78, 5) is 27.7. The first kappa shape index (κ1) is 14.5. The highest BCUT2D eigenvalue weighted by Crippen LogP contribution is 2.13. The fourth-order valence-corrected chi connectivity index (χ4v) is 2.76. The highest BCUT2D eigenvalue weighted by molar-refractivity contribution is 5.78. The second kappa shape index (κ2) is 6.57. The van der Waals surface area contributed by atoms with E-state index in [0.717, 1.165) is 26.1 Å². The number of hydrogen-bond donors (Lipinski definition) is 3. The minimum absolute atomic E-state index is 0.0912. The molecule has 1 aromatic heterocycles. The quantitative estimate of drug-likeness (QED) is 0.726. The number of benzene rings is 1. The molecule has 1 unspecified atom stereocenters. The number of carbonyl (C=O) groups is 1. The molecular formula is C15H19N5O2. The molecule has 1 aliphatic rings. The van der Waals surface area contributed by atoms with Crippen LogP contribution in [-0.4, -0.2) is 45.1 Å². The molecule has 3 rings (SSSR count). The van der Waals surface area contributed by atoms with E-state index in [1.807, 2.05) is 18.2 Å². The van der Waals surface area contributed by atoms with Crippen LogP contribution in [0.1, 0.15) is 17.8 Å². The zero-order valence-electron chi connectivity index (χ0n) is 12.2. The Balaban J connectivity index is 1.46. The Morgan fingerprint density at radius 1 is 1.36 bits per heavy atom. The lowest BCUT2D eigenvalue weighted by molar-refractivity contribution is -0.121. The molecule has 2 heterocycles. The maximum atomic E-state index is 11.9. The fraction of sp³-hybridized carbons (Fsp3) is 0.400. The van der Waals surface area contributed by atoms with Crippen molar-refractivity contribution < 1.29 is 4.79 Å². The van der Waals surface area contributed by atoms with Crippen molar-refractivity contribution in [1.82, 2.24) is 25.4 Å². The number of nitrogens with one attached hydrogen (secondary N) is 3. The summed E-state index contributed by atoms with van der Waals surface area (Å²) in [6.07, 6.45) is 1.03. The van der Waals surface area contributed by atoms with Crippen molar-refractivity contribution in [3.05, 3.63) is 52.2 Å². The van der Waals surface area contributed by atoms with Gasteiger partial charge in [-0.2, -0.15) is 5.10 Å². The summed E-state index contributed by atoms with van der Waals surface area (Å²) in [5.41, 5.74) is 0.890. The molecule has 7 nitrogen and oxygen atoms in total. The molecule has 1 atom stereocenters. The number of hydrogen-bond acceptors (Lipinski definition) is 4. The third kappa shape index (κ3) is 3.82. The summed E-state index contributed by atoms with van der Waals surface area (Å²) in [7, 11) is 0. The monoisotopic (exact) mass is 301 g/mol. The third-order valence-electron chi connectivity index (χ3n) is 3.76. The SMILES string of the molecule is O=C(Cc1n[nH]c(=O)[nH]1)NC1CCN(Cc2ccccc2)C1. The van der Waals surface area contributed by atoms with Crippen LogP contribution < -0.4 is 11.0 Å². The molecule has 1 aromatic carbocycles. The van der Waals surface area contributed by atoms with Crippen molar-refractivity contribution in [1.29, 1.82) is 0 Å². The van der Waals surface area contributed by atoms with Crippen molar-refractivity contribution in [2.24, 2.45) is 0 Å². The molecule has 0 aliphatic carbocycles. The molecule has 0 spiro atoms. The van der Waals surface area contributed by atoms with Gasteiger partial charge in [-0.25, -0.2) is 9.89 Å². The summed E-state index contributed by atoms with van der Waals surface area (Å²) in [5, 5.41) is 8.99. The van der Waals surface area contributed by atoms with Gasteiger partial charge in [-0.05, 0) is 12.0 Å². The lowest BCUT2D eigenvalue weighted by Crippen LogP contribution is -2.38. The average molecular weight is 301 g/mol. The van der Waals surface area contributed by atoms with Crippen LogP contribution in [0.5, 0.6) is 0 Å². The molecule has 1 saturated heterocycles. The molecule has 0 radical (unpaired) electrons. The fourth-order valence-electron chi connectivity index (χ4n) is 2.76. The van der Waals surface area contributed by atoms with Gasteiger partial charge in [0.25, 0.3) is 0 Å². The van der Waals surface area contributed by atoms with Crippen LogP contribution in [0.2, 0.25) is 0 Å². The second-order valence-electron chi connectivity index (χ2n) is 5.58. The maximum absolute atomic E-state index is 11.9. The number of aromatic nitrogens is 3. The average Bonchev–Trinajstić information content (AvgIpc) is 3.09. The van der Waals surface area contributed by atoms with Crippen LogP contribution in [-0.2, 0) is 17.8 Å². The molecule has 0 saturated carbocycles. The molecule has 22 heavy (non-hydrogen) atoms. The number of nitrogens with zero attached hydrogens (tertiary/aromatic N) is 2. The standard InChI is InChI=1S/C15H19N5O2/c21-14(8-13-17-15(22)19-18-13)16-12-6-7-20(10-12)9-11-4-2-1-3-5-11/h1-5,12H,6-10H2,(H,16,21)(H2,17,18,19,22). The Morgan fingerprint density at radius 3 is 2.91 bits per heavy atom. The first-order valence-corrected chi connectivity index (χ1v) is 7.38. The number of H-pyrrole nitrogens is 2. The van der Waals surface area contributed by atoms with Crippen LogP contribution in [0.25, 0.3) is 0 Å². The van der Waals surface area contributed by atoms with Crippen molar-refractivity contribution in [3.8, 4) is 0 Å². The van der Waals surface area contributed by atoms with Gasteiger partial charge in [-0.15, -0.1) is 0 Å². The Labute approximate surface area is 127 Å². The molecular weight excluding hydrogens is 282 g/mol. The summed E-state index contributed by atoms with van der Waals surface area (Å²) < 4.78 is 0. The number of likely N-dealkylation sites (tertiary alicyclic amines) is 1. The van der Waals surface area contributed by atoms with Gasteiger partial charge >= 0.3 is 5.69 Å². The van der Waals surface area contributed by atoms with E-state index in [0.29, 0.717) is 5.82 Å². The minimum Gasteiger partial charge on any atom is -0.352 e. The van der Waals surface area contributed by atoms with Crippen molar-refractivity contribution in [2.45, 2.75) is 25.4 Å². The minimum atomic E-state index is -0.391. The van der Waals surface area contributed by atoms with Gasteiger partial charge in [-0.3, -0.25) is 14.7 Å². The van der Waals surface area contributed by atoms with Crippen LogP contribution in [0.4, 0.5) is 0 Å². The maximum Gasteiger partial charge on any atom is 0.340 e. The Kier molecular flexibility index (Phi) is 4.34. The van der Waals surface area contributed by atoms with E-state index in [4.69, 9.17) is 0 Å². The van der Waals surface area contributed by atoms with Gasteiger partial charge in [0.2, 0.25) is 5.91 Å². The van der Waals surface area contributed by atoms with E-state index in [1.54, 1.807) is 0 Å². The predicted octanol–water partition coefficient (Wildman–Crippen LogP) is 0.0312. The van der Waals surface area contributed by atoms with E-state index in [2.05, 4.69) is 37.5 Å². The van der Waals surface area contributed by atoms with E-state index in [-0.39, 0.29) is 18.4 Å². The molecule has 0 bridgehead atoms. The van der Waals surface area contributed by atoms with Crippen LogP contribution in [0.3, 0.4) is 0 Å². The van der Waals surface area contributed by atoms with Crippen LogP contribution >= 0.6 is 0 Å². The van der Waals surface area contributed by atoms with Gasteiger partial charge in [-0.1, -0.05) is 30.3 Å². The van der Waals surface area contributed by atoms with Crippen LogP contribution in [0.15, 0.2) is 35.1 Å². The molecule has 2 aromatic rings. The lowest BCUT2D eigenvalue weighted by Gasteiger charge is -2.16. The lowest BCUT2D eigenvalue weighted by atomic mass is 10.2. The van der Waals surface area contributed by atoms with Gasteiger partial charge < -0.3 is 5.32 Å². The van der Waals surface area contributed by atoms with Gasteiger partial charge in [0.15, 0.2) is 0 Å². The first-order valence-electron chi connectivity index (χ1n) is 7.38. The highest BCUT2D eigenvalue weighted by atomic mass is 16.2. The van der Waals surface area contributed by atoms with E-state index in [9.17, 15) is 9.59 Å². The Morgan fingerprint density at radius 2 is 2.18 bits per heavy atom. The van der Waals surface area contributed by atoms with Gasteiger partial charge in [0.05, 0.1) is 6.42 Å². The largest absolute Gasteiger partial charge is 0.352 e. The van der Waals surface area contributed by atoms with Gasteiger partial charge in [0.1, 0.15) is 5.82 Å². The number of rotatable bonds is 5. The first-order chi connectivity index (χ1) is 10.7. The van der Waals surface area contributed by atoms with Crippen LogP contribution in [0, 0.1) is 0 Å². The molecule has 3 N–H and O–H groups in total. The van der Waals surface area contributed by atoms with E-state index >= 15 is 0 Å². The zero-order valence-corrected chi connectivity index (χ0v) is 12.2. The number of carbonyl (C=O) groups excluding carboxylic acids is 1. The van der Waals surface area contributed by atoms with E-state index in [1.165, 1.54) is 5.56 Å². The summed E-state index contributed by atoms with van der Waals surface area (Å²) in [6, 6.07) is 10.5. The van der Waals surface area contributed by atoms with Crippen molar-refractivity contribution in [2.75, 3.05) is 13.1 Å². The van der Waals surface area contributed by atoms with Gasteiger partial charge in [0, 0.05) is 25.7 Å². The van der Waals surface area contributed by atoms with Crippen molar-refractivity contribution >= 4 is 5.91 Å². The summed E-state index contributed by atoms with van der Waals surface area (Å²) in [6.45, 7) is 2.72. The third-order valence-corrected chi connectivity index (χ3v) is 3.76. The summed E-state index contributed by atoms with van der Waals surface area (Å²) in [5.74, 6) is 0.246. The predicted molar refractivity (Wildman–Crippen MR) is 81.2 cm³/mol. The molecule has 1 aliphatic heterocycles. The van der Waals surface area contributed by atoms with Crippen molar-refractivity contribution in [3.63, 3.8) is 0 Å². The Bertz CT molecular complexity index is 678. The second-order valence-corrected chi connectivity index (χ2v) is 5.58.